The average Bonchev–Trinajstić information content (AvgIpc) is 2.70. The normalized spacial score (nSPS) is 13.2. The van der Waals surface area contributed by atoms with Gasteiger partial charge in [-0.2, -0.15) is 0 Å². The highest BCUT2D eigenvalue weighted by Gasteiger charge is 2.07. The second kappa shape index (κ2) is 7.51. The summed E-state index contributed by atoms with van der Waals surface area (Å²) < 4.78 is 11.2. The van der Waals surface area contributed by atoms with Crippen molar-refractivity contribution in [2.24, 2.45) is 5.92 Å². The minimum Gasteiger partial charge on any atom is -0.467 e. The first-order valence-corrected chi connectivity index (χ1v) is 6.50. The first kappa shape index (κ1) is 14.3. The quantitative estimate of drug-likeness (QED) is 0.755. The van der Waals surface area contributed by atoms with E-state index >= 15 is 0 Å². The fourth-order valence-corrected chi connectivity index (χ4v) is 1.82. The van der Waals surface area contributed by atoms with E-state index in [-0.39, 0.29) is 6.10 Å². The van der Waals surface area contributed by atoms with Crippen LogP contribution in [0.15, 0.2) is 16.7 Å². The van der Waals surface area contributed by atoms with Crippen LogP contribution in [0.25, 0.3) is 0 Å². The Morgan fingerprint density at radius 2 is 2.12 bits per heavy atom. The fraction of sp³-hybridized carbons (Fsp3) is 0.714. The molecule has 0 saturated carbocycles. The first-order valence-electron chi connectivity index (χ1n) is 6.50. The van der Waals surface area contributed by atoms with Crippen molar-refractivity contribution in [2.45, 2.75) is 53.4 Å². The lowest BCUT2D eigenvalue weighted by molar-refractivity contribution is 0.0303. The standard InChI is InChI=1S/C14H25NO2/c1-5-15-8-13-7-14(17-9-13)10-16-12(4)6-11(2)3/h7,9,11-12,15H,5-6,8,10H2,1-4H3. The van der Waals surface area contributed by atoms with Gasteiger partial charge in [-0.1, -0.05) is 20.8 Å². The molecule has 0 aliphatic heterocycles. The van der Waals surface area contributed by atoms with Crippen molar-refractivity contribution in [2.75, 3.05) is 6.54 Å². The van der Waals surface area contributed by atoms with Crippen LogP contribution in [0.1, 0.15) is 45.4 Å². The van der Waals surface area contributed by atoms with Crippen molar-refractivity contribution in [3.05, 3.63) is 23.7 Å². The van der Waals surface area contributed by atoms with Gasteiger partial charge in [0.2, 0.25) is 0 Å². The number of nitrogens with one attached hydrogen (secondary N) is 1. The minimum absolute atomic E-state index is 0.289. The number of hydrogen-bond donors (Lipinski definition) is 1. The lowest BCUT2D eigenvalue weighted by Crippen LogP contribution is -2.11. The van der Waals surface area contributed by atoms with Gasteiger partial charge in [0.15, 0.2) is 0 Å². The molecular formula is C14H25NO2. The maximum atomic E-state index is 5.74. The van der Waals surface area contributed by atoms with Gasteiger partial charge >= 0.3 is 0 Å². The van der Waals surface area contributed by atoms with Gasteiger partial charge in [-0.25, -0.2) is 0 Å². The number of rotatable bonds is 8. The Morgan fingerprint density at radius 1 is 1.35 bits per heavy atom. The van der Waals surface area contributed by atoms with Crippen molar-refractivity contribution >= 4 is 0 Å². The largest absolute Gasteiger partial charge is 0.467 e. The predicted molar refractivity (Wildman–Crippen MR) is 69.8 cm³/mol. The number of hydrogen-bond acceptors (Lipinski definition) is 3. The molecule has 0 radical (unpaired) electrons. The highest BCUT2D eigenvalue weighted by Crippen LogP contribution is 2.13. The molecule has 0 saturated heterocycles. The highest BCUT2D eigenvalue weighted by atomic mass is 16.5. The predicted octanol–water partition coefficient (Wildman–Crippen LogP) is 3.34. The maximum absolute atomic E-state index is 5.74. The molecule has 0 aliphatic carbocycles. The zero-order valence-corrected chi connectivity index (χ0v) is 11.5. The topological polar surface area (TPSA) is 34.4 Å². The Bertz CT molecular complexity index is 307. The molecule has 1 unspecified atom stereocenters. The van der Waals surface area contributed by atoms with Crippen molar-refractivity contribution in [3.8, 4) is 0 Å². The van der Waals surface area contributed by atoms with Crippen LogP contribution < -0.4 is 5.32 Å². The van der Waals surface area contributed by atoms with E-state index in [2.05, 4.69) is 39.1 Å². The first-order chi connectivity index (χ1) is 8.11. The third-order valence-electron chi connectivity index (χ3n) is 2.60. The van der Waals surface area contributed by atoms with Gasteiger partial charge < -0.3 is 14.5 Å². The van der Waals surface area contributed by atoms with Crippen LogP contribution in [0.4, 0.5) is 0 Å². The lowest BCUT2D eigenvalue weighted by Gasteiger charge is -2.13. The monoisotopic (exact) mass is 239 g/mol. The summed E-state index contributed by atoms with van der Waals surface area (Å²) in [6.45, 7) is 11.0. The second-order valence-corrected chi connectivity index (χ2v) is 4.95. The molecule has 0 aliphatic rings. The highest BCUT2D eigenvalue weighted by molar-refractivity contribution is 5.11. The Balaban J connectivity index is 2.29. The molecule has 0 amide bonds. The van der Waals surface area contributed by atoms with Gasteiger partial charge in [0.25, 0.3) is 0 Å². The lowest BCUT2D eigenvalue weighted by atomic mass is 10.1. The summed E-state index contributed by atoms with van der Waals surface area (Å²) in [6, 6.07) is 2.06. The van der Waals surface area contributed by atoms with E-state index in [9.17, 15) is 0 Å². The third kappa shape index (κ3) is 5.89. The van der Waals surface area contributed by atoms with E-state index in [1.807, 2.05) is 0 Å². The second-order valence-electron chi connectivity index (χ2n) is 4.95. The smallest absolute Gasteiger partial charge is 0.129 e. The van der Waals surface area contributed by atoms with Crippen molar-refractivity contribution < 1.29 is 9.15 Å². The van der Waals surface area contributed by atoms with Crippen molar-refractivity contribution in [1.29, 1.82) is 0 Å². The summed E-state index contributed by atoms with van der Waals surface area (Å²) in [7, 11) is 0. The van der Waals surface area contributed by atoms with E-state index in [4.69, 9.17) is 9.15 Å². The summed E-state index contributed by atoms with van der Waals surface area (Å²) in [5, 5.41) is 3.27. The van der Waals surface area contributed by atoms with E-state index in [1.165, 1.54) is 5.56 Å². The van der Waals surface area contributed by atoms with Crippen LogP contribution in [0, 0.1) is 5.92 Å². The molecule has 1 aromatic heterocycles. The van der Waals surface area contributed by atoms with E-state index < -0.39 is 0 Å². The molecule has 1 rings (SSSR count). The van der Waals surface area contributed by atoms with Crippen LogP contribution >= 0.6 is 0 Å². The summed E-state index contributed by atoms with van der Waals surface area (Å²) in [4.78, 5) is 0. The molecule has 17 heavy (non-hydrogen) atoms. The molecule has 0 aromatic carbocycles. The number of furan rings is 1. The van der Waals surface area contributed by atoms with Gasteiger partial charge in [0.1, 0.15) is 12.4 Å². The van der Waals surface area contributed by atoms with Gasteiger partial charge in [-0.3, -0.25) is 0 Å². The fourth-order valence-electron chi connectivity index (χ4n) is 1.82. The Hall–Kier alpha value is -0.800. The van der Waals surface area contributed by atoms with Crippen LogP contribution in [0.2, 0.25) is 0 Å². The third-order valence-corrected chi connectivity index (χ3v) is 2.60. The molecule has 0 spiro atoms. The average molecular weight is 239 g/mol. The molecule has 1 atom stereocenters. The van der Waals surface area contributed by atoms with Crippen molar-refractivity contribution in [3.63, 3.8) is 0 Å². The van der Waals surface area contributed by atoms with Gasteiger partial charge in [-0.05, 0) is 31.9 Å². The van der Waals surface area contributed by atoms with Gasteiger partial charge in [0.05, 0.1) is 12.4 Å². The van der Waals surface area contributed by atoms with Crippen LogP contribution in [0.3, 0.4) is 0 Å². The Labute approximate surface area is 105 Å². The number of ether oxygens (including phenoxy) is 1. The van der Waals surface area contributed by atoms with E-state index in [1.54, 1.807) is 6.26 Å². The maximum Gasteiger partial charge on any atom is 0.129 e. The molecule has 1 aromatic rings. The zero-order chi connectivity index (χ0) is 12.7. The molecular weight excluding hydrogens is 214 g/mol. The van der Waals surface area contributed by atoms with Crippen LogP contribution in [0.5, 0.6) is 0 Å². The van der Waals surface area contributed by atoms with Crippen LogP contribution in [-0.2, 0) is 17.9 Å². The van der Waals surface area contributed by atoms with Gasteiger partial charge in [-0.15, -0.1) is 0 Å². The summed E-state index contributed by atoms with van der Waals surface area (Å²) in [5.41, 5.74) is 1.18. The SMILES string of the molecule is CCNCc1coc(COC(C)CC(C)C)c1. The summed E-state index contributed by atoms with van der Waals surface area (Å²) in [6.07, 6.45) is 3.18. The van der Waals surface area contributed by atoms with Gasteiger partial charge in [0, 0.05) is 12.1 Å². The Morgan fingerprint density at radius 3 is 2.76 bits per heavy atom. The van der Waals surface area contributed by atoms with E-state index in [0.717, 1.165) is 25.3 Å². The summed E-state index contributed by atoms with van der Waals surface area (Å²) >= 11 is 0. The molecule has 0 fully saturated rings. The molecule has 3 nitrogen and oxygen atoms in total. The Kier molecular flexibility index (Phi) is 6.30. The van der Waals surface area contributed by atoms with E-state index in [0.29, 0.717) is 12.5 Å². The molecule has 1 N–H and O–H groups in total. The van der Waals surface area contributed by atoms with Crippen LogP contribution in [-0.4, -0.2) is 12.6 Å². The molecule has 1 heterocycles. The molecule has 98 valence electrons. The zero-order valence-electron chi connectivity index (χ0n) is 11.5. The minimum atomic E-state index is 0.289. The molecule has 0 bridgehead atoms. The summed E-state index contributed by atoms with van der Waals surface area (Å²) in [5.74, 6) is 1.58. The molecule has 3 heteroatoms. The van der Waals surface area contributed by atoms with Crippen molar-refractivity contribution in [1.82, 2.24) is 5.32 Å².